The van der Waals surface area contributed by atoms with Crippen molar-refractivity contribution in [3.05, 3.63) is 72.2 Å². The van der Waals surface area contributed by atoms with Gasteiger partial charge in [-0.3, -0.25) is 4.79 Å². The smallest absolute Gasteiger partial charge is 0.317 e. The van der Waals surface area contributed by atoms with Gasteiger partial charge in [-0.15, -0.1) is 0 Å². The number of aryl methyl sites for hydroxylation is 1. The average Bonchev–Trinajstić information content (AvgIpc) is 3.34. The Labute approximate surface area is 181 Å². The van der Waals surface area contributed by atoms with Crippen LogP contribution in [0.25, 0.3) is 5.69 Å². The van der Waals surface area contributed by atoms with Crippen LogP contribution in [0.2, 0.25) is 0 Å². The van der Waals surface area contributed by atoms with Crippen molar-refractivity contribution in [2.24, 2.45) is 5.92 Å². The van der Waals surface area contributed by atoms with Gasteiger partial charge in [0.2, 0.25) is 5.91 Å². The van der Waals surface area contributed by atoms with Crippen molar-refractivity contribution in [1.82, 2.24) is 25.0 Å². The molecule has 0 aliphatic carbocycles. The summed E-state index contributed by atoms with van der Waals surface area (Å²) in [4.78, 5) is 31.3. The second-order valence-electron chi connectivity index (χ2n) is 7.77. The molecule has 2 N–H and O–H groups in total. The minimum Gasteiger partial charge on any atom is -0.334 e. The largest absolute Gasteiger partial charge is 0.334 e. The monoisotopic (exact) mass is 418 g/mol. The van der Waals surface area contributed by atoms with Gasteiger partial charge < -0.3 is 15.5 Å². The summed E-state index contributed by atoms with van der Waals surface area (Å²) < 4.78 is 1.78. The molecule has 0 bridgehead atoms. The SMILES string of the molecule is Cc1ccc(NC(=O)C2CCCN(C(=O)NCc3cccc(-n4cccn4)c3)C2)nc1. The molecule has 2 aromatic heterocycles. The van der Waals surface area contributed by atoms with Crippen LogP contribution in [0.1, 0.15) is 24.0 Å². The van der Waals surface area contributed by atoms with E-state index in [1.54, 1.807) is 28.0 Å². The van der Waals surface area contributed by atoms with Crippen molar-refractivity contribution in [1.29, 1.82) is 0 Å². The van der Waals surface area contributed by atoms with E-state index in [0.717, 1.165) is 29.7 Å². The summed E-state index contributed by atoms with van der Waals surface area (Å²) in [7, 11) is 0. The molecule has 31 heavy (non-hydrogen) atoms. The number of nitrogens with zero attached hydrogens (tertiary/aromatic N) is 4. The maximum atomic E-state index is 12.7. The normalized spacial score (nSPS) is 16.0. The fraction of sp³-hybridized carbons (Fsp3) is 0.304. The zero-order chi connectivity index (χ0) is 21.6. The van der Waals surface area contributed by atoms with E-state index < -0.39 is 0 Å². The van der Waals surface area contributed by atoms with Crippen LogP contribution in [0.15, 0.2) is 61.1 Å². The van der Waals surface area contributed by atoms with Crippen LogP contribution in [0.3, 0.4) is 0 Å². The minimum atomic E-state index is -0.245. The van der Waals surface area contributed by atoms with Gasteiger partial charge in [0.15, 0.2) is 0 Å². The summed E-state index contributed by atoms with van der Waals surface area (Å²) in [6, 6.07) is 13.3. The second kappa shape index (κ2) is 9.42. The number of anilines is 1. The molecule has 1 saturated heterocycles. The van der Waals surface area contributed by atoms with Gasteiger partial charge in [0.25, 0.3) is 0 Å². The lowest BCUT2D eigenvalue weighted by Gasteiger charge is -2.32. The number of carbonyl (C=O) groups is 2. The van der Waals surface area contributed by atoms with Crippen molar-refractivity contribution in [2.45, 2.75) is 26.3 Å². The highest BCUT2D eigenvalue weighted by Gasteiger charge is 2.28. The summed E-state index contributed by atoms with van der Waals surface area (Å²) >= 11 is 0. The third kappa shape index (κ3) is 5.28. The molecule has 8 heteroatoms. The topological polar surface area (TPSA) is 92.2 Å². The summed E-state index contributed by atoms with van der Waals surface area (Å²) in [5.41, 5.74) is 2.96. The van der Waals surface area contributed by atoms with Crippen LogP contribution in [0.5, 0.6) is 0 Å². The van der Waals surface area contributed by atoms with E-state index in [-0.39, 0.29) is 17.9 Å². The molecule has 1 unspecified atom stereocenters. The third-order valence-electron chi connectivity index (χ3n) is 5.37. The Bertz CT molecular complexity index is 1030. The highest BCUT2D eigenvalue weighted by atomic mass is 16.2. The lowest BCUT2D eigenvalue weighted by Crippen LogP contribution is -2.47. The molecule has 1 aromatic carbocycles. The van der Waals surface area contributed by atoms with Crippen molar-refractivity contribution >= 4 is 17.8 Å². The highest BCUT2D eigenvalue weighted by molar-refractivity contribution is 5.92. The lowest BCUT2D eigenvalue weighted by atomic mass is 9.97. The number of aromatic nitrogens is 3. The molecule has 1 fully saturated rings. The molecule has 3 aromatic rings. The van der Waals surface area contributed by atoms with Gasteiger partial charge in [-0.2, -0.15) is 5.10 Å². The Morgan fingerprint density at radius 1 is 1.19 bits per heavy atom. The Hall–Kier alpha value is -3.68. The van der Waals surface area contributed by atoms with Crippen LogP contribution < -0.4 is 10.6 Å². The number of nitrogens with one attached hydrogen (secondary N) is 2. The maximum absolute atomic E-state index is 12.7. The fourth-order valence-electron chi connectivity index (χ4n) is 3.67. The standard InChI is InChI=1S/C23H26N6O2/c1-17-8-9-21(24-14-17)27-22(30)19-6-3-11-28(16-19)23(31)25-15-18-5-2-7-20(13-18)29-12-4-10-26-29/h2,4-5,7-10,12-14,19H,3,6,11,15-16H2,1H3,(H,25,31)(H,24,27,30). The molecule has 0 radical (unpaired) electrons. The van der Waals surface area contributed by atoms with Gasteiger partial charge in [0.05, 0.1) is 11.6 Å². The van der Waals surface area contributed by atoms with Crippen molar-refractivity contribution in [3.63, 3.8) is 0 Å². The van der Waals surface area contributed by atoms with Gasteiger partial charge in [-0.05, 0) is 55.2 Å². The Morgan fingerprint density at radius 2 is 2.10 bits per heavy atom. The molecule has 8 nitrogen and oxygen atoms in total. The van der Waals surface area contributed by atoms with Crippen LogP contribution in [-0.2, 0) is 11.3 Å². The Morgan fingerprint density at radius 3 is 2.87 bits per heavy atom. The van der Waals surface area contributed by atoms with Crippen LogP contribution in [-0.4, -0.2) is 44.7 Å². The average molecular weight is 419 g/mol. The zero-order valence-corrected chi connectivity index (χ0v) is 17.5. The molecule has 160 valence electrons. The number of urea groups is 1. The number of pyridine rings is 1. The fourth-order valence-corrected chi connectivity index (χ4v) is 3.67. The molecule has 1 aliphatic heterocycles. The predicted molar refractivity (Wildman–Crippen MR) is 118 cm³/mol. The Kier molecular flexibility index (Phi) is 6.26. The number of piperidine rings is 1. The van der Waals surface area contributed by atoms with E-state index in [2.05, 4.69) is 20.7 Å². The van der Waals surface area contributed by atoms with Crippen molar-refractivity contribution in [2.75, 3.05) is 18.4 Å². The Balaban J connectivity index is 1.31. The second-order valence-corrected chi connectivity index (χ2v) is 7.77. The first-order chi connectivity index (χ1) is 15.1. The molecule has 1 atom stereocenters. The molecule has 1 aliphatic rings. The number of likely N-dealkylation sites (tertiary alicyclic amines) is 1. The maximum Gasteiger partial charge on any atom is 0.317 e. The van der Waals surface area contributed by atoms with Crippen molar-refractivity contribution in [3.8, 4) is 5.69 Å². The molecule has 3 amide bonds. The van der Waals surface area contributed by atoms with Crippen molar-refractivity contribution < 1.29 is 9.59 Å². The van der Waals surface area contributed by atoms with E-state index in [0.29, 0.717) is 25.5 Å². The number of amides is 3. The summed E-state index contributed by atoms with van der Waals surface area (Å²) in [6.45, 7) is 3.40. The summed E-state index contributed by atoms with van der Waals surface area (Å²) in [6.07, 6.45) is 6.88. The third-order valence-corrected chi connectivity index (χ3v) is 5.37. The number of hydrogen-bond donors (Lipinski definition) is 2. The van der Waals surface area contributed by atoms with E-state index in [1.807, 2.05) is 49.5 Å². The first-order valence-electron chi connectivity index (χ1n) is 10.4. The molecular formula is C23H26N6O2. The quantitative estimate of drug-likeness (QED) is 0.666. The summed E-state index contributed by atoms with van der Waals surface area (Å²) in [5.74, 6) is 0.195. The number of carbonyl (C=O) groups excluding carboxylic acids is 2. The molecule has 3 heterocycles. The first kappa shape index (κ1) is 20.6. The van der Waals surface area contributed by atoms with E-state index in [1.165, 1.54) is 0 Å². The predicted octanol–water partition coefficient (Wildman–Crippen LogP) is 3.14. The molecule has 0 spiro atoms. The van der Waals surface area contributed by atoms with Gasteiger partial charge in [-0.1, -0.05) is 18.2 Å². The van der Waals surface area contributed by atoms with Crippen LogP contribution >= 0.6 is 0 Å². The summed E-state index contributed by atoms with van der Waals surface area (Å²) in [5, 5.41) is 10.1. The van der Waals surface area contributed by atoms with Gasteiger partial charge >= 0.3 is 6.03 Å². The van der Waals surface area contributed by atoms with E-state index in [9.17, 15) is 9.59 Å². The zero-order valence-electron chi connectivity index (χ0n) is 17.5. The minimum absolute atomic E-state index is 0.0965. The number of rotatable bonds is 5. The van der Waals surface area contributed by atoms with E-state index >= 15 is 0 Å². The van der Waals surface area contributed by atoms with E-state index in [4.69, 9.17) is 0 Å². The van der Waals surface area contributed by atoms with Gasteiger partial charge in [-0.25, -0.2) is 14.5 Å². The lowest BCUT2D eigenvalue weighted by molar-refractivity contribution is -0.121. The van der Waals surface area contributed by atoms with Gasteiger partial charge in [0.1, 0.15) is 5.82 Å². The highest BCUT2D eigenvalue weighted by Crippen LogP contribution is 2.19. The molecule has 0 saturated carbocycles. The molecular weight excluding hydrogens is 392 g/mol. The first-order valence-corrected chi connectivity index (χ1v) is 10.4. The van der Waals surface area contributed by atoms with Gasteiger partial charge in [0, 0.05) is 38.2 Å². The van der Waals surface area contributed by atoms with Crippen LogP contribution in [0, 0.1) is 12.8 Å². The number of hydrogen-bond acceptors (Lipinski definition) is 4. The molecule has 4 rings (SSSR count). The number of benzene rings is 1. The van der Waals surface area contributed by atoms with Crippen LogP contribution in [0.4, 0.5) is 10.6 Å².